The van der Waals surface area contributed by atoms with Crippen LogP contribution in [0.3, 0.4) is 0 Å². The minimum atomic E-state index is -0.240. The van der Waals surface area contributed by atoms with E-state index in [0.717, 1.165) is 26.6 Å². The summed E-state index contributed by atoms with van der Waals surface area (Å²) < 4.78 is 0.850. The van der Waals surface area contributed by atoms with Crippen LogP contribution in [0.25, 0.3) is 11.0 Å². The summed E-state index contributed by atoms with van der Waals surface area (Å²) in [6.45, 7) is 0. The van der Waals surface area contributed by atoms with Crippen LogP contribution < -0.4 is 5.69 Å². The van der Waals surface area contributed by atoms with Crippen LogP contribution in [0.15, 0.2) is 39.6 Å². The number of fused-ring (bicyclic) bond motifs is 1. The lowest BCUT2D eigenvalue weighted by Crippen LogP contribution is -1.99. The number of hydrogen-bond acceptors (Lipinski definition) is 1. The summed E-state index contributed by atoms with van der Waals surface area (Å²) in [7, 11) is 0. The van der Waals surface area contributed by atoms with Gasteiger partial charge >= 0.3 is 5.69 Å². The van der Waals surface area contributed by atoms with E-state index in [2.05, 4.69) is 41.8 Å². The molecule has 1 atom stereocenters. The average Bonchev–Trinajstić information content (AvgIpc) is 2.76. The third-order valence-corrected chi connectivity index (χ3v) is 5.46. The van der Waals surface area contributed by atoms with Gasteiger partial charge in [-0.25, -0.2) is 4.79 Å². The average molecular weight is 451 g/mol. The molecule has 0 radical (unpaired) electrons. The van der Waals surface area contributed by atoms with Crippen molar-refractivity contribution in [1.29, 1.82) is 0 Å². The second kappa shape index (κ2) is 5.80. The summed E-state index contributed by atoms with van der Waals surface area (Å²) in [5.74, 6) is 0. The Balaban J connectivity index is 2.19. The molecule has 0 amide bonds. The maximum absolute atomic E-state index is 11.4. The Kier molecular flexibility index (Phi) is 4.19. The van der Waals surface area contributed by atoms with Crippen LogP contribution in [0, 0.1) is 0 Å². The van der Waals surface area contributed by atoms with E-state index in [1.807, 2.05) is 12.1 Å². The minimum Gasteiger partial charge on any atom is -0.306 e. The number of alkyl halides is 1. The zero-order chi connectivity index (χ0) is 15.1. The van der Waals surface area contributed by atoms with Gasteiger partial charge in [0.2, 0.25) is 0 Å². The molecule has 3 aromatic rings. The van der Waals surface area contributed by atoms with Crippen LogP contribution in [0.5, 0.6) is 0 Å². The van der Waals surface area contributed by atoms with Crippen molar-refractivity contribution in [2.45, 2.75) is 4.83 Å². The van der Waals surface area contributed by atoms with Gasteiger partial charge in [-0.05, 0) is 29.8 Å². The number of nitrogens with one attached hydrogen (secondary N) is 2. The zero-order valence-electron chi connectivity index (χ0n) is 10.4. The van der Waals surface area contributed by atoms with Gasteiger partial charge in [0.05, 0.1) is 15.9 Å². The van der Waals surface area contributed by atoms with Crippen LogP contribution in [-0.2, 0) is 0 Å². The van der Waals surface area contributed by atoms with E-state index in [1.54, 1.807) is 18.2 Å². The molecular weight excluding hydrogens is 443 g/mol. The molecule has 1 unspecified atom stereocenters. The highest BCUT2D eigenvalue weighted by atomic mass is 79.9. The van der Waals surface area contributed by atoms with Crippen molar-refractivity contribution < 1.29 is 0 Å². The van der Waals surface area contributed by atoms with E-state index in [0.29, 0.717) is 10.0 Å². The summed E-state index contributed by atoms with van der Waals surface area (Å²) in [5.41, 5.74) is 2.94. The minimum absolute atomic E-state index is 0.198. The molecule has 108 valence electrons. The first-order valence-electron chi connectivity index (χ1n) is 5.97. The molecule has 0 saturated carbocycles. The van der Waals surface area contributed by atoms with Crippen LogP contribution in [0.4, 0.5) is 0 Å². The van der Waals surface area contributed by atoms with Gasteiger partial charge in [0, 0.05) is 20.1 Å². The molecular formula is C14H8Br2Cl2N2O. The van der Waals surface area contributed by atoms with Gasteiger partial charge in [-0.2, -0.15) is 0 Å². The maximum atomic E-state index is 11.4. The number of H-pyrrole nitrogens is 2. The molecule has 0 bridgehead atoms. The molecule has 7 heteroatoms. The third-order valence-electron chi connectivity index (χ3n) is 3.16. The van der Waals surface area contributed by atoms with Crippen molar-refractivity contribution in [1.82, 2.24) is 9.97 Å². The van der Waals surface area contributed by atoms with Crippen molar-refractivity contribution in [3.8, 4) is 0 Å². The highest BCUT2D eigenvalue weighted by Gasteiger charge is 2.20. The molecule has 2 aromatic carbocycles. The topological polar surface area (TPSA) is 48.6 Å². The Morgan fingerprint density at radius 2 is 1.62 bits per heavy atom. The predicted molar refractivity (Wildman–Crippen MR) is 93.9 cm³/mol. The summed E-state index contributed by atoms with van der Waals surface area (Å²) in [6, 6.07) is 9.12. The molecule has 21 heavy (non-hydrogen) atoms. The van der Waals surface area contributed by atoms with E-state index in [9.17, 15) is 4.79 Å². The maximum Gasteiger partial charge on any atom is 0.323 e. The van der Waals surface area contributed by atoms with Crippen molar-refractivity contribution in [2.24, 2.45) is 0 Å². The monoisotopic (exact) mass is 448 g/mol. The molecule has 2 N–H and O–H groups in total. The molecule has 1 aromatic heterocycles. The van der Waals surface area contributed by atoms with Gasteiger partial charge in [0.1, 0.15) is 0 Å². The van der Waals surface area contributed by atoms with Gasteiger partial charge < -0.3 is 9.97 Å². The standard InChI is InChI=1S/C14H8Br2Cl2N2O/c15-7-5-11-10(19-14(21)20-11)4-6(7)13(16)12-8(17)2-1-3-9(12)18/h1-5,13H,(H2,19,20,21). The molecule has 1 heterocycles. The number of benzene rings is 2. The zero-order valence-corrected chi connectivity index (χ0v) is 15.1. The Labute approximate surface area is 146 Å². The van der Waals surface area contributed by atoms with E-state index in [1.165, 1.54) is 0 Å². The van der Waals surface area contributed by atoms with Gasteiger partial charge in [0.25, 0.3) is 0 Å². The lowest BCUT2D eigenvalue weighted by atomic mass is 10.0. The lowest BCUT2D eigenvalue weighted by Gasteiger charge is -2.16. The molecule has 0 spiro atoms. The Morgan fingerprint density at radius 3 is 2.24 bits per heavy atom. The highest BCUT2D eigenvalue weighted by Crippen LogP contribution is 2.42. The quantitative estimate of drug-likeness (QED) is 0.504. The highest BCUT2D eigenvalue weighted by molar-refractivity contribution is 9.11. The van der Waals surface area contributed by atoms with Crippen LogP contribution in [0.1, 0.15) is 16.0 Å². The Bertz CT molecular complexity index is 868. The van der Waals surface area contributed by atoms with E-state index in [-0.39, 0.29) is 10.5 Å². The molecule has 0 fully saturated rings. The van der Waals surface area contributed by atoms with Crippen molar-refractivity contribution in [3.63, 3.8) is 0 Å². The Hall–Kier alpha value is -0.750. The summed E-state index contributed by atoms with van der Waals surface area (Å²) >= 11 is 19.7. The second-order valence-corrected chi connectivity index (χ2v) is 7.08. The fourth-order valence-electron chi connectivity index (χ4n) is 2.18. The number of hydrogen-bond donors (Lipinski definition) is 2. The van der Waals surface area contributed by atoms with E-state index in [4.69, 9.17) is 23.2 Å². The number of aromatic nitrogens is 2. The number of imidazole rings is 1. The molecule has 0 saturated heterocycles. The first kappa shape index (κ1) is 15.2. The van der Waals surface area contributed by atoms with Gasteiger partial charge in [-0.1, -0.05) is 61.1 Å². The lowest BCUT2D eigenvalue weighted by molar-refractivity contribution is 1.17. The summed E-state index contributed by atoms with van der Waals surface area (Å²) in [6.07, 6.45) is 0. The van der Waals surface area contributed by atoms with Crippen LogP contribution >= 0.6 is 55.1 Å². The first-order chi connectivity index (χ1) is 9.97. The fraction of sp³-hybridized carbons (Fsp3) is 0.0714. The smallest absolute Gasteiger partial charge is 0.306 e. The van der Waals surface area contributed by atoms with Crippen LogP contribution in [-0.4, -0.2) is 9.97 Å². The largest absolute Gasteiger partial charge is 0.323 e. The summed E-state index contributed by atoms with van der Waals surface area (Å²) in [5, 5.41) is 1.16. The summed E-state index contributed by atoms with van der Waals surface area (Å²) in [4.78, 5) is 16.6. The number of halogens is 4. The molecule has 0 aliphatic carbocycles. The first-order valence-corrected chi connectivity index (χ1v) is 8.43. The van der Waals surface area contributed by atoms with Crippen molar-refractivity contribution in [3.05, 3.63) is 66.5 Å². The molecule has 3 rings (SSSR count). The molecule has 3 nitrogen and oxygen atoms in total. The number of rotatable bonds is 2. The Morgan fingerprint density at radius 1 is 1.05 bits per heavy atom. The SMILES string of the molecule is O=c1[nH]c2cc(Br)c(C(Br)c3c(Cl)cccc3Cl)cc2[nH]1. The van der Waals surface area contributed by atoms with E-state index >= 15 is 0 Å². The van der Waals surface area contributed by atoms with Gasteiger partial charge in [-0.15, -0.1) is 0 Å². The van der Waals surface area contributed by atoms with Crippen molar-refractivity contribution in [2.75, 3.05) is 0 Å². The van der Waals surface area contributed by atoms with Crippen LogP contribution in [0.2, 0.25) is 10.0 Å². The second-order valence-electron chi connectivity index (χ2n) is 4.50. The normalized spacial score (nSPS) is 12.8. The fourth-order valence-corrected chi connectivity index (χ4v) is 4.81. The van der Waals surface area contributed by atoms with Crippen molar-refractivity contribution >= 4 is 66.1 Å². The van der Waals surface area contributed by atoms with E-state index < -0.39 is 0 Å². The third kappa shape index (κ3) is 2.80. The molecule has 0 aliphatic rings. The molecule has 0 aliphatic heterocycles. The predicted octanol–water partition coefficient (Wildman–Crippen LogP) is 5.41. The van der Waals surface area contributed by atoms with Gasteiger partial charge in [-0.3, -0.25) is 0 Å². The number of aromatic amines is 2. The van der Waals surface area contributed by atoms with Gasteiger partial charge in [0.15, 0.2) is 0 Å².